The van der Waals surface area contributed by atoms with E-state index in [2.05, 4.69) is 15.6 Å². The number of hydrogen-bond donors (Lipinski definition) is 2. The van der Waals surface area contributed by atoms with E-state index in [0.29, 0.717) is 0 Å². The van der Waals surface area contributed by atoms with Crippen LogP contribution in [0, 0.1) is 17.5 Å². The zero-order valence-corrected chi connectivity index (χ0v) is 18.8. The number of ether oxygens (including phenoxy) is 1. The summed E-state index contributed by atoms with van der Waals surface area (Å²) in [5.41, 5.74) is -2.16. The first-order valence-electron chi connectivity index (χ1n) is 10.6. The highest BCUT2D eigenvalue weighted by molar-refractivity contribution is 5.98. The monoisotopic (exact) mass is 462 g/mol. The van der Waals surface area contributed by atoms with Crippen molar-refractivity contribution in [1.29, 1.82) is 0 Å². The Hall–Kier alpha value is -3.30. The molecule has 1 aromatic heterocycles. The second-order valence-corrected chi connectivity index (χ2v) is 9.55. The summed E-state index contributed by atoms with van der Waals surface area (Å²) in [6, 6.07) is 3.41. The lowest BCUT2D eigenvalue weighted by atomic mass is 9.72. The third-order valence-corrected chi connectivity index (χ3v) is 5.84. The van der Waals surface area contributed by atoms with Gasteiger partial charge in [0.25, 0.3) is 5.91 Å². The lowest BCUT2D eigenvalue weighted by Crippen LogP contribution is -2.58. The molecule has 2 aliphatic rings. The van der Waals surface area contributed by atoms with Crippen LogP contribution in [-0.2, 0) is 10.2 Å². The van der Waals surface area contributed by atoms with Gasteiger partial charge in [0.1, 0.15) is 5.60 Å². The third kappa shape index (κ3) is 4.09. The normalized spacial score (nSPS) is 20.6. The highest BCUT2D eigenvalue weighted by Crippen LogP contribution is 2.41. The smallest absolute Gasteiger partial charge is 0.410 e. The largest absolute Gasteiger partial charge is 0.444 e. The minimum atomic E-state index is -1.36. The molecule has 10 heteroatoms. The molecule has 2 aliphatic heterocycles. The van der Waals surface area contributed by atoms with Gasteiger partial charge in [-0.15, -0.1) is 0 Å². The summed E-state index contributed by atoms with van der Waals surface area (Å²) in [5, 5.41) is 5.55. The van der Waals surface area contributed by atoms with Gasteiger partial charge in [0.2, 0.25) is 0 Å². The van der Waals surface area contributed by atoms with Crippen molar-refractivity contribution in [2.45, 2.75) is 44.8 Å². The Labute approximate surface area is 189 Å². The van der Waals surface area contributed by atoms with Gasteiger partial charge in [-0.25, -0.2) is 22.9 Å². The molecule has 2 aromatic rings. The van der Waals surface area contributed by atoms with E-state index in [0.717, 1.165) is 6.07 Å². The standard InChI is InChI=1S/C23H25F3N4O3/c1-22(2,3)33-21(32)30-9-12(10-30)29-19-18(26)16-13(8-27-19)20(31)28-11-23(16,4)14-6-5-7-15(24)17(14)25/h5-8,12H,9-11H2,1-4H3,(H,27,29)(H,28,31)/t23-/m1/s1. The van der Waals surface area contributed by atoms with E-state index in [-0.39, 0.29) is 48.2 Å². The quantitative estimate of drug-likeness (QED) is 0.729. The van der Waals surface area contributed by atoms with Crippen LogP contribution in [0.3, 0.4) is 0 Å². The predicted octanol–water partition coefficient (Wildman–Crippen LogP) is 3.58. The average Bonchev–Trinajstić information content (AvgIpc) is 2.69. The number of carbonyl (C=O) groups is 2. The molecular formula is C23H25F3N4O3. The molecule has 0 saturated carbocycles. The minimum Gasteiger partial charge on any atom is -0.444 e. The van der Waals surface area contributed by atoms with Crippen molar-refractivity contribution in [3.05, 3.63) is 58.5 Å². The molecule has 3 heterocycles. The molecule has 0 aliphatic carbocycles. The minimum absolute atomic E-state index is 0.0422. The van der Waals surface area contributed by atoms with Gasteiger partial charge in [0, 0.05) is 42.4 Å². The molecule has 1 fully saturated rings. The van der Waals surface area contributed by atoms with Gasteiger partial charge < -0.3 is 20.3 Å². The first kappa shape index (κ1) is 22.9. The van der Waals surface area contributed by atoms with Crippen molar-refractivity contribution < 1.29 is 27.5 Å². The first-order valence-corrected chi connectivity index (χ1v) is 10.6. The lowest BCUT2D eigenvalue weighted by Gasteiger charge is -2.41. The molecule has 0 spiro atoms. The van der Waals surface area contributed by atoms with E-state index in [1.807, 2.05) is 0 Å². The maximum Gasteiger partial charge on any atom is 0.410 e. The van der Waals surface area contributed by atoms with Gasteiger partial charge in [0.15, 0.2) is 23.3 Å². The molecule has 1 aromatic carbocycles. The molecule has 2 N–H and O–H groups in total. The summed E-state index contributed by atoms with van der Waals surface area (Å²) in [5.74, 6) is -3.64. The summed E-state index contributed by atoms with van der Waals surface area (Å²) in [6.45, 7) is 7.29. The number of anilines is 1. The van der Waals surface area contributed by atoms with Gasteiger partial charge in [0.05, 0.1) is 11.6 Å². The Morgan fingerprint density at radius 1 is 1.24 bits per heavy atom. The Morgan fingerprint density at radius 3 is 2.61 bits per heavy atom. The molecule has 176 valence electrons. The number of carbonyl (C=O) groups excluding carboxylic acids is 2. The summed E-state index contributed by atoms with van der Waals surface area (Å²) in [4.78, 5) is 30.0. The average molecular weight is 462 g/mol. The molecule has 2 amide bonds. The molecule has 1 saturated heterocycles. The Bertz CT molecular complexity index is 1130. The van der Waals surface area contributed by atoms with Crippen LogP contribution in [0.1, 0.15) is 49.2 Å². The van der Waals surface area contributed by atoms with Crippen LogP contribution < -0.4 is 10.6 Å². The molecule has 0 unspecified atom stereocenters. The maximum atomic E-state index is 15.7. The zero-order valence-electron chi connectivity index (χ0n) is 18.8. The second kappa shape index (κ2) is 7.93. The van der Waals surface area contributed by atoms with Gasteiger partial charge >= 0.3 is 6.09 Å². The molecule has 7 nitrogen and oxygen atoms in total. The lowest BCUT2D eigenvalue weighted by molar-refractivity contribution is 0.0104. The maximum absolute atomic E-state index is 15.7. The summed E-state index contributed by atoms with van der Waals surface area (Å²) < 4.78 is 49.6. The predicted molar refractivity (Wildman–Crippen MR) is 115 cm³/mol. The van der Waals surface area contributed by atoms with Gasteiger partial charge in [-0.3, -0.25) is 4.79 Å². The number of likely N-dealkylation sites (tertiary alicyclic amines) is 1. The number of hydrogen-bond acceptors (Lipinski definition) is 5. The molecule has 0 radical (unpaired) electrons. The van der Waals surface area contributed by atoms with Crippen LogP contribution in [0.25, 0.3) is 0 Å². The van der Waals surface area contributed by atoms with Gasteiger partial charge in [-0.1, -0.05) is 12.1 Å². The number of fused-ring (bicyclic) bond motifs is 1. The van der Waals surface area contributed by atoms with Crippen molar-refractivity contribution in [3.63, 3.8) is 0 Å². The van der Waals surface area contributed by atoms with E-state index in [9.17, 15) is 18.4 Å². The Morgan fingerprint density at radius 2 is 1.94 bits per heavy atom. The van der Waals surface area contributed by atoms with E-state index in [1.165, 1.54) is 23.2 Å². The van der Waals surface area contributed by atoms with Gasteiger partial charge in [-0.2, -0.15) is 0 Å². The number of pyridine rings is 1. The van der Waals surface area contributed by atoms with Crippen LogP contribution in [0.4, 0.5) is 23.8 Å². The number of nitrogens with zero attached hydrogens (tertiary/aromatic N) is 2. The van der Waals surface area contributed by atoms with E-state index >= 15 is 4.39 Å². The van der Waals surface area contributed by atoms with E-state index < -0.39 is 40.5 Å². The van der Waals surface area contributed by atoms with Gasteiger partial charge in [-0.05, 0) is 33.8 Å². The SMILES string of the molecule is CC(C)(C)OC(=O)N1CC(Nc2ncc3c(c2F)[C@@](C)(c2cccc(F)c2F)CNC3=O)C1. The van der Waals surface area contributed by atoms with Crippen molar-refractivity contribution >= 4 is 17.8 Å². The fraction of sp³-hybridized carbons (Fsp3) is 0.435. The van der Waals surface area contributed by atoms with Crippen molar-refractivity contribution in [1.82, 2.24) is 15.2 Å². The van der Waals surface area contributed by atoms with Crippen LogP contribution >= 0.6 is 0 Å². The number of rotatable bonds is 3. The number of halogens is 3. The summed E-state index contributed by atoms with van der Waals surface area (Å²) in [6.07, 6.45) is 0.750. The molecule has 0 bridgehead atoms. The van der Waals surface area contributed by atoms with Crippen LogP contribution in [0.5, 0.6) is 0 Å². The number of nitrogens with one attached hydrogen (secondary N) is 2. The first-order chi connectivity index (χ1) is 15.4. The molecule has 1 atom stereocenters. The topological polar surface area (TPSA) is 83.6 Å². The molecule has 33 heavy (non-hydrogen) atoms. The summed E-state index contributed by atoms with van der Waals surface area (Å²) in [7, 11) is 0. The fourth-order valence-corrected chi connectivity index (χ4v) is 4.14. The molecule has 4 rings (SSSR count). The zero-order chi connectivity index (χ0) is 24.1. The fourth-order valence-electron chi connectivity index (χ4n) is 4.14. The van der Waals surface area contributed by atoms with Crippen LogP contribution in [-0.4, -0.2) is 53.2 Å². The van der Waals surface area contributed by atoms with E-state index in [4.69, 9.17) is 4.74 Å². The number of amides is 2. The summed E-state index contributed by atoms with van der Waals surface area (Å²) >= 11 is 0. The van der Waals surface area contributed by atoms with Crippen LogP contribution in [0.15, 0.2) is 24.4 Å². The van der Waals surface area contributed by atoms with Crippen molar-refractivity contribution in [3.8, 4) is 0 Å². The number of benzene rings is 1. The molecular weight excluding hydrogens is 437 g/mol. The Kier molecular flexibility index (Phi) is 5.50. The Balaban J connectivity index is 1.62. The third-order valence-electron chi connectivity index (χ3n) is 5.84. The van der Waals surface area contributed by atoms with Crippen molar-refractivity contribution in [2.24, 2.45) is 0 Å². The van der Waals surface area contributed by atoms with Crippen LogP contribution in [0.2, 0.25) is 0 Å². The van der Waals surface area contributed by atoms with E-state index in [1.54, 1.807) is 27.7 Å². The highest BCUT2D eigenvalue weighted by Gasteiger charge is 2.43. The van der Waals surface area contributed by atoms with Crippen molar-refractivity contribution in [2.75, 3.05) is 25.0 Å². The number of aromatic nitrogens is 1. The highest BCUT2D eigenvalue weighted by atomic mass is 19.2. The second-order valence-electron chi connectivity index (χ2n) is 9.55.